The first kappa shape index (κ1) is 12.4. The van der Waals surface area contributed by atoms with Crippen LogP contribution in [-0.2, 0) is 4.79 Å². The zero-order chi connectivity index (χ0) is 12.2. The largest absolute Gasteiger partial charge is 0.480 e. The Morgan fingerprint density at radius 1 is 1.56 bits per heavy atom. The number of carboxylic acids is 1. The third-order valence-corrected chi connectivity index (χ3v) is 2.85. The van der Waals surface area contributed by atoms with Crippen LogP contribution in [0.1, 0.15) is 26.7 Å². The Bertz CT molecular complexity index is 356. The van der Waals surface area contributed by atoms with Crippen LogP contribution in [0.5, 0.6) is 0 Å². The van der Waals surface area contributed by atoms with Crippen molar-refractivity contribution in [2.75, 3.05) is 13.1 Å². The summed E-state index contributed by atoms with van der Waals surface area (Å²) >= 11 is 0. The molecule has 2 N–H and O–H groups in total. The first-order chi connectivity index (χ1) is 7.52. The number of carboxylic acid groups (broad SMARTS) is 1. The van der Waals surface area contributed by atoms with Gasteiger partial charge >= 0.3 is 12.0 Å². The van der Waals surface area contributed by atoms with Crippen LogP contribution >= 0.6 is 0 Å². The molecule has 1 unspecified atom stereocenters. The molecule has 1 aliphatic rings. The molecular weight excluding hydrogens is 208 g/mol. The summed E-state index contributed by atoms with van der Waals surface area (Å²) in [6.45, 7) is 3.99. The maximum Gasteiger partial charge on any atom is 0.329 e. The minimum absolute atomic E-state index is 0.252. The maximum atomic E-state index is 11.7. The van der Waals surface area contributed by atoms with E-state index in [1.165, 1.54) is 4.90 Å². The number of hydrogen-bond donors (Lipinski definition) is 2. The lowest BCUT2D eigenvalue weighted by Gasteiger charge is -2.30. The number of urea groups is 1. The highest BCUT2D eigenvalue weighted by molar-refractivity contribution is 5.86. The summed E-state index contributed by atoms with van der Waals surface area (Å²) in [6, 6.07) is -0.356. The van der Waals surface area contributed by atoms with Crippen LogP contribution in [0.4, 0.5) is 4.79 Å². The second-order valence-electron chi connectivity index (χ2n) is 3.92. The van der Waals surface area contributed by atoms with Crippen molar-refractivity contribution in [3.8, 4) is 11.8 Å². The van der Waals surface area contributed by atoms with Crippen LogP contribution in [0.15, 0.2) is 0 Å². The Balaban J connectivity index is 2.67. The number of nitrogens with one attached hydrogen (secondary N) is 1. The first-order valence-electron chi connectivity index (χ1n) is 5.21. The fourth-order valence-corrected chi connectivity index (χ4v) is 1.81. The molecule has 2 amide bonds. The fraction of sp³-hybridized carbons (Fsp3) is 0.636. The highest BCUT2D eigenvalue weighted by atomic mass is 16.4. The SMILES string of the molecule is CC#CCNC(=O)N1CCCC1(C)C(=O)O. The minimum atomic E-state index is -1.08. The number of carbonyl (C=O) groups is 2. The van der Waals surface area contributed by atoms with E-state index in [1.54, 1.807) is 13.8 Å². The number of likely N-dealkylation sites (tertiary alicyclic amines) is 1. The summed E-state index contributed by atoms with van der Waals surface area (Å²) in [5, 5.41) is 11.7. The lowest BCUT2D eigenvalue weighted by Crippen LogP contribution is -2.54. The first-order valence-corrected chi connectivity index (χ1v) is 5.21. The number of carbonyl (C=O) groups excluding carboxylic acids is 1. The van der Waals surface area contributed by atoms with Gasteiger partial charge in [-0.2, -0.15) is 0 Å². The van der Waals surface area contributed by atoms with E-state index in [1.807, 2.05) is 0 Å². The quantitative estimate of drug-likeness (QED) is 0.677. The predicted molar refractivity (Wildman–Crippen MR) is 58.8 cm³/mol. The smallest absolute Gasteiger partial charge is 0.329 e. The minimum Gasteiger partial charge on any atom is -0.480 e. The van der Waals surface area contributed by atoms with Gasteiger partial charge in [0, 0.05) is 6.54 Å². The van der Waals surface area contributed by atoms with Crippen molar-refractivity contribution in [3.05, 3.63) is 0 Å². The average molecular weight is 224 g/mol. The highest BCUT2D eigenvalue weighted by Crippen LogP contribution is 2.28. The number of hydrogen-bond acceptors (Lipinski definition) is 2. The second-order valence-corrected chi connectivity index (χ2v) is 3.92. The monoisotopic (exact) mass is 224 g/mol. The van der Waals surface area contributed by atoms with Crippen molar-refractivity contribution in [3.63, 3.8) is 0 Å². The normalized spacial score (nSPS) is 23.5. The van der Waals surface area contributed by atoms with Gasteiger partial charge in [0.2, 0.25) is 0 Å². The summed E-state index contributed by atoms with van der Waals surface area (Å²) < 4.78 is 0. The molecule has 1 fully saturated rings. The van der Waals surface area contributed by atoms with Gasteiger partial charge in [-0.3, -0.25) is 0 Å². The summed E-state index contributed by atoms with van der Waals surface area (Å²) in [5.41, 5.74) is -1.08. The van der Waals surface area contributed by atoms with Gasteiger partial charge in [-0.25, -0.2) is 9.59 Å². The molecule has 1 aliphatic heterocycles. The predicted octanol–water partition coefficient (Wildman–Crippen LogP) is 0.658. The van der Waals surface area contributed by atoms with Crippen LogP contribution in [0.3, 0.4) is 0 Å². The molecule has 0 aromatic rings. The van der Waals surface area contributed by atoms with Gasteiger partial charge in [-0.05, 0) is 26.7 Å². The van der Waals surface area contributed by atoms with Crippen LogP contribution < -0.4 is 5.32 Å². The van der Waals surface area contributed by atoms with E-state index >= 15 is 0 Å². The number of rotatable bonds is 2. The number of amides is 2. The summed E-state index contributed by atoms with van der Waals surface area (Å²) in [5.74, 6) is 4.40. The van der Waals surface area contributed by atoms with Gasteiger partial charge in [0.25, 0.3) is 0 Å². The number of nitrogens with zero attached hydrogens (tertiary/aromatic N) is 1. The van der Waals surface area contributed by atoms with Crippen LogP contribution in [0, 0.1) is 11.8 Å². The molecule has 0 aliphatic carbocycles. The second kappa shape index (κ2) is 4.88. The zero-order valence-corrected chi connectivity index (χ0v) is 9.54. The zero-order valence-electron chi connectivity index (χ0n) is 9.54. The van der Waals surface area contributed by atoms with E-state index in [0.717, 1.165) is 6.42 Å². The molecule has 1 atom stereocenters. The van der Waals surface area contributed by atoms with Gasteiger partial charge in [-0.15, -0.1) is 5.92 Å². The van der Waals surface area contributed by atoms with Crippen molar-refractivity contribution in [1.29, 1.82) is 0 Å². The fourth-order valence-electron chi connectivity index (χ4n) is 1.81. The van der Waals surface area contributed by atoms with E-state index in [2.05, 4.69) is 17.2 Å². The average Bonchev–Trinajstić information content (AvgIpc) is 2.62. The molecule has 0 aromatic carbocycles. The molecule has 0 spiro atoms. The molecule has 0 bridgehead atoms. The van der Waals surface area contributed by atoms with Crippen molar-refractivity contribution < 1.29 is 14.7 Å². The highest BCUT2D eigenvalue weighted by Gasteiger charge is 2.45. The third kappa shape index (κ3) is 2.27. The summed E-state index contributed by atoms with van der Waals surface area (Å²) in [7, 11) is 0. The van der Waals surface area contributed by atoms with Crippen molar-refractivity contribution in [1.82, 2.24) is 10.2 Å². The molecular formula is C11H16N2O3. The molecule has 0 saturated carbocycles. The van der Waals surface area contributed by atoms with Crippen molar-refractivity contribution >= 4 is 12.0 Å². The maximum absolute atomic E-state index is 11.7. The van der Waals surface area contributed by atoms with Gasteiger partial charge in [-0.1, -0.05) is 5.92 Å². The van der Waals surface area contributed by atoms with E-state index in [9.17, 15) is 9.59 Å². The van der Waals surface area contributed by atoms with Gasteiger partial charge in [0.05, 0.1) is 6.54 Å². The topological polar surface area (TPSA) is 69.6 Å². The van der Waals surface area contributed by atoms with Crippen molar-refractivity contribution in [2.45, 2.75) is 32.2 Å². The van der Waals surface area contributed by atoms with E-state index in [4.69, 9.17) is 5.11 Å². The Labute approximate surface area is 94.8 Å². The number of aliphatic carboxylic acids is 1. The standard InChI is InChI=1S/C11H16N2O3/c1-3-4-7-12-10(16)13-8-5-6-11(13,2)9(14)15/h5-8H2,1-2H3,(H,12,16)(H,14,15). The Morgan fingerprint density at radius 3 is 2.81 bits per heavy atom. The molecule has 1 saturated heterocycles. The van der Waals surface area contributed by atoms with Gasteiger partial charge < -0.3 is 15.3 Å². The lowest BCUT2D eigenvalue weighted by molar-refractivity contribution is -0.147. The van der Waals surface area contributed by atoms with Crippen LogP contribution in [0.25, 0.3) is 0 Å². The van der Waals surface area contributed by atoms with Gasteiger partial charge in [0.1, 0.15) is 5.54 Å². The molecule has 88 valence electrons. The molecule has 1 rings (SSSR count). The van der Waals surface area contributed by atoms with Crippen LogP contribution in [0.2, 0.25) is 0 Å². The van der Waals surface area contributed by atoms with E-state index in [0.29, 0.717) is 13.0 Å². The molecule has 1 heterocycles. The Morgan fingerprint density at radius 2 is 2.25 bits per heavy atom. The van der Waals surface area contributed by atoms with Crippen molar-refractivity contribution in [2.24, 2.45) is 0 Å². The summed E-state index contributed by atoms with van der Waals surface area (Å²) in [4.78, 5) is 24.2. The molecule has 5 nitrogen and oxygen atoms in total. The van der Waals surface area contributed by atoms with Crippen LogP contribution in [-0.4, -0.2) is 40.6 Å². The summed E-state index contributed by atoms with van der Waals surface area (Å²) in [6.07, 6.45) is 1.21. The molecule has 5 heteroatoms. The van der Waals surface area contributed by atoms with E-state index < -0.39 is 11.5 Å². The molecule has 0 aromatic heterocycles. The Kier molecular flexibility index (Phi) is 3.78. The van der Waals surface area contributed by atoms with E-state index in [-0.39, 0.29) is 12.6 Å². The Hall–Kier alpha value is -1.70. The lowest BCUT2D eigenvalue weighted by atomic mass is 10.00. The van der Waals surface area contributed by atoms with Gasteiger partial charge in [0.15, 0.2) is 0 Å². The third-order valence-electron chi connectivity index (χ3n) is 2.85. The molecule has 0 radical (unpaired) electrons. The molecule has 16 heavy (non-hydrogen) atoms.